The van der Waals surface area contributed by atoms with Crippen LogP contribution < -0.4 is 5.73 Å². The van der Waals surface area contributed by atoms with Crippen LogP contribution in [0.5, 0.6) is 0 Å². The van der Waals surface area contributed by atoms with Gasteiger partial charge in [0, 0.05) is 19.8 Å². The fourth-order valence-electron chi connectivity index (χ4n) is 1.84. The molecule has 0 aromatic heterocycles. The molecular formula is C13H21NO. The van der Waals surface area contributed by atoms with Gasteiger partial charge in [0.1, 0.15) is 0 Å². The largest absolute Gasteiger partial charge is 0.385 e. The Hall–Kier alpha value is -0.860. The predicted octanol–water partition coefficient (Wildman–Crippen LogP) is 2.73. The van der Waals surface area contributed by atoms with E-state index >= 15 is 0 Å². The molecule has 0 radical (unpaired) electrons. The highest BCUT2D eigenvalue weighted by atomic mass is 16.5. The van der Waals surface area contributed by atoms with Crippen LogP contribution in [0.25, 0.3) is 0 Å². The summed E-state index contributed by atoms with van der Waals surface area (Å²) in [6, 6.07) is 6.65. The van der Waals surface area contributed by atoms with Crippen LogP contribution in [0.2, 0.25) is 0 Å². The Kier molecular flexibility index (Phi) is 4.79. The topological polar surface area (TPSA) is 35.2 Å². The molecule has 2 N–H and O–H groups in total. The standard InChI is InChI=1S/C13H21NO/c1-10-7-11(2)9-12(8-10)13(14)5-4-6-15-3/h7-9,13H,4-6,14H2,1-3H3. The van der Waals surface area contributed by atoms with Crippen molar-refractivity contribution in [2.75, 3.05) is 13.7 Å². The third kappa shape index (κ3) is 4.02. The Balaban J connectivity index is 2.60. The van der Waals surface area contributed by atoms with Crippen LogP contribution in [-0.4, -0.2) is 13.7 Å². The molecule has 0 amide bonds. The average Bonchev–Trinajstić information content (AvgIpc) is 2.16. The molecule has 2 nitrogen and oxygen atoms in total. The molecule has 0 aliphatic carbocycles. The molecule has 0 bridgehead atoms. The van der Waals surface area contributed by atoms with Crippen LogP contribution in [0, 0.1) is 13.8 Å². The summed E-state index contributed by atoms with van der Waals surface area (Å²) in [5.74, 6) is 0. The third-order valence-electron chi connectivity index (χ3n) is 2.54. The van der Waals surface area contributed by atoms with Crippen molar-refractivity contribution in [1.82, 2.24) is 0 Å². The first-order chi connectivity index (χ1) is 7.13. The second-order valence-electron chi connectivity index (χ2n) is 4.16. The van der Waals surface area contributed by atoms with Gasteiger partial charge in [-0.3, -0.25) is 0 Å². The molecular weight excluding hydrogens is 186 g/mol. The number of aryl methyl sites for hydroxylation is 2. The van der Waals surface area contributed by atoms with Gasteiger partial charge < -0.3 is 10.5 Å². The van der Waals surface area contributed by atoms with Gasteiger partial charge in [0.15, 0.2) is 0 Å². The molecule has 84 valence electrons. The van der Waals surface area contributed by atoms with Gasteiger partial charge in [0.05, 0.1) is 0 Å². The first-order valence-electron chi connectivity index (χ1n) is 5.46. The zero-order valence-corrected chi connectivity index (χ0v) is 9.92. The summed E-state index contributed by atoms with van der Waals surface area (Å²) < 4.78 is 5.02. The molecule has 1 atom stereocenters. The first-order valence-corrected chi connectivity index (χ1v) is 5.46. The average molecular weight is 207 g/mol. The van der Waals surface area contributed by atoms with Crippen molar-refractivity contribution in [1.29, 1.82) is 0 Å². The lowest BCUT2D eigenvalue weighted by Crippen LogP contribution is -2.11. The van der Waals surface area contributed by atoms with E-state index in [0.29, 0.717) is 0 Å². The number of methoxy groups -OCH3 is 1. The Morgan fingerprint density at radius 1 is 1.20 bits per heavy atom. The normalized spacial score (nSPS) is 12.8. The van der Waals surface area contributed by atoms with Crippen LogP contribution in [0.1, 0.15) is 35.6 Å². The van der Waals surface area contributed by atoms with E-state index in [1.807, 2.05) is 0 Å². The number of rotatable bonds is 5. The summed E-state index contributed by atoms with van der Waals surface area (Å²) in [5.41, 5.74) is 9.93. The SMILES string of the molecule is COCCCC(N)c1cc(C)cc(C)c1. The summed E-state index contributed by atoms with van der Waals surface area (Å²) in [6.07, 6.45) is 2.00. The summed E-state index contributed by atoms with van der Waals surface area (Å²) >= 11 is 0. The third-order valence-corrected chi connectivity index (χ3v) is 2.54. The predicted molar refractivity (Wildman–Crippen MR) is 64.0 cm³/mol. The minimum Gasteiger partial charge on any atom is -0.385 e. The molecule has 1 aromatic carbocycles. The van der Waals surface area contributed by atoms with Gasteiger partial charge in [-0.1, -0.05) is 29.3 Å². The van der Waals surface area contributed by atoms with E-state index in [0.717, 1.165) is 19.4 Å². The lowest BCUT2D eigenvalue weighted by molar-refractivity contribution is 0.190. The minimum atomic E-state index is 0.138. The molecule has 1 aromatic rings. The Morgan fingerprint density at radius 3 is 2.33 bits per heavy atom. The molecule has 0 aliphatic rings. The Labute approximate surface area is 92.4 Å². The maximum atomic E-state index is 6.12. The maximum absolute atomic E-state index is 6.12. The van der Waals surface area contributed by atoms with Crippen molar-refractivity contribution in [3.8, 4) is 0 Å². The fourth-order valence-corrected chi connectivity index (χ4v) is 1.84. The molecule has 0 spiro atoms. The number of hydrogen-bond acceptors (Lipinski definition) is 2. The zero-order chi connectivity index (χ0) is 11.3. The molecule has 0 aliphatic heterocycles. The second-order valence-corrected chi connectivity index (χ2v) is 4.16. The lowest BCUT2D eigenvalue weighted by atomic mass is 9.99. The van der Waals surface area contributed by atoms with E-state index in [4.69, 9.17) is 10.5 Å². The second kappa shape index (κ2) is 5.89. The van der Waals surface area contributed by atoms with Crippen molar-refractivity contribution in [2.45, 2.75) is 32.7 Å². The molecule has 0 saturated carbocycles. The van der Waals surface area contributed by atoms with Crippen molar-refractivity contribution in [3.05, 3.63) is 34.9 Å². The van der Waals surface area contributed by atoms with Gasteiger partial charge in [0.2, 0.25) is 0 Å². The minimum absolute atomic E-state index is 0.138. The van der Waals surface area contributed by atoms with Gasteiger partial charge in [-0.05, 0) is 32.3 Å². The molecule has 0 saturated heterocycles. The van der Waals surface area contributed by atoms with Gasteiger partial charge >= 0.3 is 0 Å². The molecule has 2 heteroatoms. The van der Waals surface area contributed by atoms with Gasteiger partial charge in [-0.15, -0.1) is 0 Å². The highest BCUT2D eigenvalue weighted by molar-refractivity contribution is 5.30. The van der Waals surface area contributed by atoms with E-state index in [1.54, 1.807) is 7.11 Å². The monoisotopic (exact) mass is 207 g/mol. The molecule has 1 unspecified atom stereocenters. The maximum Gasteiger partial charge on any atom is 0.0462 e. The van der Waals surface area contributed by atoms with E-state index in [9.17, 15) is 0 Å². The van der Waals surface area contributed by atoms with Gasteiger partial charge in [-0.2, -0.15) is 0 Å². The summed E-state index contributed by atoms with van der Waals surface area (Å²) in [7, 11) is 1.72. The van der Waals surface area contributed by atoms with E-state index in [-0.39, 0.29) is 6.04 Å². The van der Waals surface area contributed by atoms with Crippen molar-refractivity contribution in [3.63, 3.8) is 0 Å². The van der Waals surface area contributed by atoms with Crippen molar-refractivity contribution < 1.29 is 4.74 Å². The van der Waals surface area contributed by atoms with Crippen LogP contribution in [-0.2, 0) is 4.74 Å². The van der Waals surface area contributed by atoms with Gasteiger partial charge in [0.25, 0.3) is 0 Å². The Bertz CT molecular complexity index is 289. The summed E-state index contributed by atoms with van der Waals surface area (Å²) in [4.78, 5) is 0. The van der Waals surface area contributed by atoms with Crippen LogP contribution in [0.15, 0.2) is 18.2 Å². The molecule has 0 heterocycles. The molecule has 1 rings (SSSR count). The summed E-state index contributed by atoms with van der Waals surface area (Å²) in [6.45, 7) is 5.01. The fraction of sp³-hybridized carbons (Fsp3) is 0.538. The Morgan fingerprint density at radius 2 is 1.80 bits per heavy atom. The number of benzene rings is 1. The van der Waals surface area contributed by atoms with Crippen LogP contribution >= 0.6 is 0 Å². The van der Waals surface area contributed by atoms with E-state index in [1.165, 1.54) is 16.7 Å². The lowest BCUT2D eigenvalue weighted by Gasteiger charge is -2.13. The number of ether oxygens (including phenoxy) is 1. The number of nitrogens with two attached hydrogens (primary N) is 1. The first kappa shape index (κ1) is 12.2. The molecule has 15 heavy (non-hydrogen) atoms. The van der Waals surface area contributed by atoms with E-state index < -0.39 is 0 Å². The summed E-state index contributed by atoms with van der Waals surface area (Å²) in [5, 5.41) is 0. The van der Waals surface area contributed by atoms with Crippen LogP contribution in [0.3, 0.4) is 0 Å². The smallest absolute Gasteiger partial charge is 0.0462 e. The van der Waals surface area contributed by atoms with Gasteiger partial charge in [-0.25, -0.2) is 0 Å². The highest BCUT2D eigenvalue weighted by Gasteiger charge is 2.06. The van der Waals surface area contributed by atoms with Crippen molar-refractivity contribution >= 4 is 0 Å². The van der Waals surface area contributed by atoms with E-state index in [2.05, 4.69) is 32.0 Å². The number of hydrogen-bond donors (Lipinski definition) is 1. The highest BCUT2D eigenvalue weighted by Crippen LogP contribution is 2.18. The van der Waals surface area contributed by atoms with Crippen LogP contribution in [0.4, 0.5) is 0 Å². The quantitative estimate of drug-likeness (QED) is 0.753. The van der Waals surface area contributed by atoms with Crippen molar-refractivity contribution in [2.24, 2.45) is 5.73 Å². The molecule has 0 fully saturated rings. The zero-order valence-electron chi connectivity index (χ0n) is 9.92.